The van der Waals surface area contributed by atoms with Crippen LogP contribution in [0.4, 0.5) is 0 Å². The van der Waals surface area contributed by atoms with Crippen LogP contribution in [0.15, 0.2) is 18.3 Å². The van der Waals surface area contributed by atoms with Gasteiger partial charge in [-0.05, 0) is 51.3 Å². The summed E-state index contributed by atoms with van der Waals surface area (Å²) < 4.78 is 1.76. The van der Waals surface area contributed by atoms with Crippen LogP contribution in [0, 0.1) is 5.92 Å². The minimum Gasteiger partial charge on any atom is -0.301 e. The van der Waals surface area contributed by atoms with Gasteiger partial charge in [-0.2, -0.15) is 5.10 Å². The van der Waals surface area contributed by atoms with Gasteiger partial charge >= 0.3 is 0 Å². The molecule has 0 N–H and O–H groups in total. The molecule has 0 amide bonds. The minimum absolute atomic E-state index is 0.608. The average Bonchev–Trinajstić information content (AvgIpc) is 2.88. The maximum Gasteiger partial charge on any atom is 0.156 e. The van der Waals surface area contributed by atoms with Crippen molar-refractivity contribution >= 4 is 11.9 Å². The number of carbonyl (C=O) groups is 1. The van der Waals surface area contributed by atoms with Gasteiger partial charge in [0.05, 0.1) is 0 Å². The lowest BCUT2D eigenvalue weighted by Gasteiger charge is -2.35. The summed E-state index contributed by atoms with van der Waals surface area (Å²) in [6.07, 6.45) is 6.07. The lowest BCUT2D eigenvalue weighted by Crippen LogP contribution is -2.40. The van der Waals surface area contributed by atoms with Gasteiger partial charge in [-0.15, -0.1) is 0 Å². The quantitative estimate of drug-likeness (QED) is 0.809. The first-order valence-corrected chi connectivity index (χ1v) is 7.70. The molecule has 0 aromatic carbocycles. The molecule has 0 aliphatic carbocycles. The van der Waals surface area contributed by atoms with Crippen molar-refractivity contribution < 1.29 is 4.79 Å². The highest BCUT2D eigenvalue weighted by Gasteiger charge is 2.23. The SMILES string of the molecule is CC(C)N1CCCC(Cc2nc3cc(C=O)ccn3n2)C1. The number of carbonyl (C=O) groups excluding carboxylic acids is 1. The second-order valence-electron chi connectivity index (χ2n) is 6.21. The van der Waals surface area contributed by atoms with E-state index < -0.39 is 0 Å². The second-order valence-corrected chi connectivity index (χ2v) is 6.21. The number of piperidine rings is 1. The molecule has 3 rings (SSSR count). The Balaban J connectivity index is 1.73. The molecule has 1 fully saturated rings. The van der Waals surface area contributed by atoms with Crippen LogP contribution in [0.2, 0.25) is 0 Å². The molecule has 5 nitrogen and oxygen atoms in total. The van der Waals surface area contributed by atoms with Crippen molar-refractivity contribution in [1.82, 2.24) is 19.5 Å². The number of nitrogens with zero attached hydrogens (tertiary/aromatic N) is 4. The summed E-state index contributed by atoms with van der Waals surface area (Å²) in [5, 5.41) is 4.52. The second kappa shape index (κ2) is 5.93. The van der Waals surface area contributed by atoms with Crippen LogP contribution in [0.5, 0.6) is 0 Å². The summed E-state index contributed by atoms with van der Waals surface area (Å²) in [6.45, 7) is 6.85. The van der Waals surface area contributed by atoms with Crippen molar-refractivity contribution in [3.8, 4) is 0 Å². The first-order chi connectivity index (χ1) is 10.2. The average molecular weight is 286 g/mol. The monoisotopic (exact) mass is 286 g/mol. The first-order valence-electron chi connectivity index (χ1n) is 7.70. The van der Waals surface area contributed by atoms with E-state index in [1.54, 1.807) is 22.8 Å². The first kappa shape index (κ1) is 14.2. The van der Waals surface area contributed by atoms with Crippen LogP contribution in [-0.4, -0.2) is 44.9 Å². The molecule has 0 spiro atoms. The minimum atomic E-state index is 0.608. The molecule has 1 aliphatic rings. The number of hydrogen-bond acceptors (Lipinski definition) is 4. The Hall–Kier alpha value is -1.75. The number of pyridine rings is 1. The molecule has 0 radical (unpaired) electrons. The van der Waals surface area contributed by atoms with E-state index >= 15 is 0 Å². The molecule has 2 aromatic heterocycles. The molecule has 112 valence electrons. The summed E-state index contributed by atoms with van der Waals surface area (Å²) in [7, 11) is 0. The van der Waals surface area contributed by atoms with Crippen molar-refractivity contribution in [1.29, 1.82) is 0 Å². The predicted molar refractivity (Wildman–Crippen MR) is 81.5 cm³/mol. The largest absolute Gasteiger partial charge is 0.301 e. The van der Waals surface area contributed by atoms with Gasteiger partial charge in [-0.25, -0.2) is 9.50 Å². The third kappa shape index (κ3) is 3.13. The van der Waals surface area contributed by atoms with Crippen molar-refractivity contribution in [3.05, 3.63) is 29.7 Å². The van der Waals surface area contributed by atoms with Crippen molar-refractivity contribution in [2.75, 3.05) is 13.1 Å². The van der Waals surface area contributed by atoms with Crippen LogP contribution in [-0.2, 0) is 6.42 Å². The Kier molecular flexibility index (Phi) is 4.01. The third-order valence-electron chi connectivity index (χ3n) is 4.29. The van der Waals surface area contributed by atoms with E-state index in [9.17, 15) is 4.79 Å². The predicted octanol–water partition coefficient (Wildman–Crippen LogP) is 2.20. The molecular weight excluding hydrogens is 264 g/mol. The van der Waals surface area contributed by atoms with E-state index in [0.29, 0.717) is 17.5 Å². The summed E-state index contributed by atoms with van der Waals surface area (Å²) in [5.41, 5.74) is 1.40. The van der Waals surface area contributed by atoms with Crippen molar-refractivity contribution in [2.24, 2.45) is 5.92 Å². The summed E-state index contributed by atoms with van der Waals surface area (Å²) in [5.74, 6) is 1.51. The number of rotatable bonds is 4. The van der Waals surface area contributed by atoms with Crippen molar-refractivity contribution in [3.63, 3.8) is 0 Å². The maximum absolute atomic E-state index is 10.8. The molecule has 0 saturated carbocycles. The molecule has 21 heavy (non-hydrogen) atoms. The molecule has 1 aliphatic heterocycles. The van der Waals surface area contributed by atoms with Gasteiger partial charge in [-0.3, -0.25) is 4.79 Å². The lowest BCUT2D eigenvalue weighted by atomic mass is 9.94. The van der Waals surface area contributed by atoms with Crippen LogP contribution in [0.1, 0.15) is 42.9 Å². The van der Waals surface area contributed by atoms with E-state index in [4.69, 9.17) is 0 Å². The molecule has 3 heterocycles. The van der Waals surface area contributed by atoms with Gasteiger partial charge in [0, 0.05) is 30.8 Å². The molecule has 5 heteroatoms. The lowest BCUT2D eigenvalue weighted by molar-refractivity contribution is 0.112. The number of aldehydes is 1. The van der Waals surface area contributed by atoms with Crippen molar-refractivity contribution in [2.45, 2.75) is 39.2 Å². The fraction of sp³-hybridized carbons (Fsp3) is 0.562. The number of hydrogen-bond donors (Lipinski definition) is 0. The smallest absolute Gasteiger partial charge is 0.156 e. The fourth-order valence-electron chi connectivity index (χ4n) is 3.09. The Morgan fingerprint density at radius 3 is 3.10 bits per heavy atom. The van der Waals surface area contributed by atoms with Gasteiger partial charge in [0.25, 0.3) is 0 Å². The number of fused-ring (bicyclic) bond motifs is 1. The van der Waals surface area contributed by atoms with Gasteiger partial charge < -0.3 is 4.90 Å². The maximum atomic E-state index is 10.8. The Bertz CT molecular complexity index is 634. The van der Waals surface area contributed by atoms with E-state index in [0.717, 1.165) is 30.7 Å². The standard InChI is InChI=1S/C16H22N4O/c1-12(2)19-6-3-4-13(10-19)8-15-17-16-9-14(11-21)5-7-20(16)18-15/h5,7,9,11-13H,3-4,6,8,10H2,1-2H3. The summed E-state index contributed by atoms with van der Waals surface area (Å²) >= 11 is 0. The van der Waals surface area contributed by atoms with Crippen LogP contribution in [0.25, 0.3) is 5.65 Å². The Morgan fingerprint density at radius 1 is 1.48 bits per heavy atom. The van der Waals surface area contributed by atoms with Gasteiger partial charge in [0.15, 0.2) is 11.5 Å². The third-order valence-corrected chi connectivity index (χ3v) is 4.29. The molecule has 1 saturated heterocycles. The molecule has 1 atom stereocenters. The van der Waals surface area contributed by atoms with Crippen LogP contribution < -0.4 is 0 Å². The van der Waals surface area contributed by atoms with Gasteiger partial charge in [0.2, 0.25) is 0 Å². The number of likely N-dealkylation sites (tertiary alicyclic amines) is 1. The van der Waals surface area contributed by atoms with Gasteiger partial charge in [0.1, 0.15) is 6.29 Å². The highest BCUT2D eigenvalue weighted by Crippen LogP contribution is 2.21. The van der Waals surface area contributed by atoms with Crippen LogP contribution in [0.3, 0.4) is 0 Å². The summed E-state index contributed by atoms with van der Waals surface area (Å²) in [6, 6.07) is 4.15. The van der Waals surface area contributed by atoms with Crippen LogP contribution >= 0.6 is 0 Å². The normalized spacial score (nSPS) is 20.2. The summed E-state index contributed by atoms with van der Waals surface area (Å²) in [4.78, 5) is 17.9. The highest BCUT2D eigenvalue weighted by atomic mass is 16.1. The molecular formula is C16H22N4O. The zero-order valence-electron chi connectivity index (χ0n) is 12.7. The Labute approximate surface area is 125 Å². The zero-order valence-corrected chi connectivity index (χ0v) is 12.7. The molecule has 1 unspecified atom stereocenters. The fourth-order valence-corrected chi connectivity index (χ4v) is 3.09. The number of aromatic nitrogens is 3. The molecule has 2 aromatic rings. The highest BCUT2D eigenvalue weighted by molar-refractivity contribution is 5.76. The van der Waals surface area contributed by atoms with E-state index in [1.165, 1.54) is 19.4 Å². The topological polar surface area (TPSA) is 50.5 Å². The van der Waals surface area contributed by atoms with E-state index in [1.807, 2.05) is 0 Å². The van der Waals surface area contributed by atoms with E-state index in [2.05, 4.69) is 28.8 Å². The zero-order chi connectivity index (χ0) is 14.8. The Morgan fingerprint density at radius 2 is 2.33 bits per heavy atom. The molecule has 0 bridgehead atoms. The van der Waals surface area contributed by atoms with E-state index in [-0.39, 0.29) is 0 Å². The van der Waals surface area contributed by atoms with Gasteiger partial charge in [-0.1, -0.05) is 0 Å².